The van der Waals surface area contributed by atoms with Crippen molar-refractivity contribution in [2.45, 2.75) is 19.4 Å². The van der Waals surface area contributed by atoms with Crippen LogP contribution in [0.2, 0.25) is 0 Å². The highest BCUT2D eigenvalue weighted by molar-refractivity contribution is 5.94. The molecule has 22 heavy (non-hydrogen) atoms. The zero-order valence-corrected chi connectivity index (χ0v) is 13.1. The number of halogens is 1. The van der Waals surface area contributed by atoms with E-state index in [2.05, 4.69) is 0 Å². The first-order chi connectivity index (χ1) is 10.5. The van der Waals surface area contributed by atoms with Crippen LogP contribution >= 0.6 is 0 Å². The van der Waals surface area contributed by atoms with Crippen LogP contribution in [0.3, 0.4) is 0 Å². The van der Waals surface area contributed by atoms with Crippen LogP contribution in [0.4, 0.5) is 10.1 Å². The number of nitrogens with zero attached hydrogens (tertiary/aromatic N) is 2. The summed E-state index contributed by atoms with van der Waals surface area (Å²) in [4.78, 5) is 15.7. The number of hydrogen-bond acceptors (Lipinski definition) is 4. The van der Waals surface area contributed by atoms with E-state index < -0.39 is 11.9 Å². The van der Waals surface area contributed by atoms with Gasteiger partial charge in [-0.1, -0.05) is 0 Å². The summed E-state index contributed by atoms with van der Waals surface area (Å²) in [6.45, 7) is 4.58. The molecule has 122 valence electrons. The topological polar surface area (TPSA) is 53.0 Å². The summed E-state index contributed by atoms with van der Waals surface area (Å²) in [5.74, 6) is -0.634. The highest BCUT2D eigenvalue weighted by Gasteiger charge is 2.18. The molecule has 1 heterocycles. The molecular weight excluding hydrogens is 287 g/mol. The van der Waals surface area contributed by atoms with Crippen LogP contribution < -0.4 is 4.90 Å². The van der Waals surface area contributed by atoms with Crippen molar-refractivity contribution in [2.24, 2.45) is 0 Å². The van der Waals surface area contributed by atoms with Crippen LogP contribution in [0, 0.1) is 5.82 Å². The molecule has 1 aromatic carbocycles. The number of carbonyl (C=O) groups is 1. The first kappa shape index (κ1) is 16.7. The number of hydrogen-bond donors (Lipinski definition) is 1. The Morgan fingerprint density at radius 2 is 2.14 bits per heavy atom. The van der Waals surface area contributed by atoms with E-state index in [4.69, 9.17) is 4.74 Å². The standard InChI is InChI=1S/C16H23FN2O3/c1-12(20)5-6-18(2)16(21)13-3-4-15(14(17)11-13)19-7-9-22-10-8-19/h3-4,11-12,20H,5-10H2,1-2H3. The maximum absolute atomic E-state index is 14.3. The number of rotatable bonds is 5. The monoisotopic (exact) mass is 310 g/mol. The predicted octanol–water partition coefficient (Wildman–Crippen LogP) is 1.51. The van der Waals surface area contributed by atoms with E-state index in [0.717, 1.165) is 0 Å². The van der Waals surface area contributed by atoms with Gasteiger partial charge in [0.25, 0.3) is 5.91 Å². The molecule has 0 spiro atoms. The molecule has 1 N–H and O–H groups in total. The van der Waals surface area contributed by atoms with Gasteiger partial charge in [0.2, 0.25) is 0 Å². The predicted molar refractivity (Wildman–Crippen MR) is 82.7 cm³/mol. The van der Waals surface area contributed by atoms with Gasteiger partial charge >= 0.3 is 0 Å². The molecule has 0 aliphatic carbocycles. The van der Waals surface area contributed by atoms with E-state index in [0.29, 0.717) is 50.5 Å². The molecule has 1 amide bonds. The largest absolute Gasteiger partial charge is 0.393 e. The Balaban J connectivity index is 2.06. The van der Waals surface area contributed by atoms with Crippen molar-refractivity contribution in [2.75, 3.05) is 44.8 Å². The molecule has 1 fully saturated rings. The van der Waals surface area contributed by atoms with Crippen LogP contribution in [-0.4, -0.2) is 61.9 Å². The van der Waals surface area contributed by atoms with Crippen molar-refractivity contribution in [3.8, 4) is 0 Å². The fraction of sp³-hybridized carbons (Fsp3) is 0.562. The van der Waals surface area contributed by atoms with Crippen LogP contribution in [0.25, 0.3) is 0 Å². The molecule has 0 saturated carbocycles. The molecule has 0 bridgehead atoms. The van der Waals surface area contributed by atoms with E-state index >= 15 is 0 Å². The fourth-order valence-electron chi connectivity index (χ4n) is 2.40. The summed E-state index contributed by atoms with van der Waals surface area (Å²) < 4.78 is 19.5. The van der Waals surface area contributed by atoms with Crippen molar-refractivity contribution in [3.05, 3.63) is 29.6 Å². The molecule has 0 radical (unpaired) electrons. The lowest BCUT2D eigenvalue weighted by molar-refractivity contribution is 0.0768. The molecule has 6 heteroatoms. The van der Waals surface area contributed by atoms with Gasteiger partial charge in [-0.2, -0.15) is 0 Å². The van der Waals surface area contributed by atoms with Gasteiger partial charge in [-0.15, -0.1) is 0 Å². The maximum Gasteiger partial charge on any atom is 0.253 e. The second kappa shape index (κ2) is 7.56. The molecule has 1 aliphatic rings. The van der Waals surface area contributed by atoms with Gasteiger partial charge in [-0.25, -0.2) is 4.39 Å². The second-order valence-corrected chi connectivity index (χ2v) is 5.63. The van der Waals surface area contributed by atoms with E-state index in [-0.39, 0.29) is 5.91 Å². The quantitative estimate of drug-likeness (QED) is 0.895. The molecule has 0 aromatic heterocycles. The van der Waals surface area contributed by atoms with Gasteiger partial charge in [0.15, 0.2) is 0 Å². The lowest BCUT2D eigenvalue weighted by atomic mass is 10.1. The Hall–Kier alpha value is -1.66. The van der Waals surface area contributed by atoms with Crippen molar-refractivity contribution in [3.63, 3.8) is 0 Å². The van der Waals surface area contributed by atoms with Crippen molar-refractivity contribution < 1.29 is 19.0 Å². The first-order valence-electron chi connectivity index (χ1n) is 7.55. The van der Waals surface area contributed by atoms with Crippen molar-refractivity contribution in [1.82, 2.24) is 4.90 Å². The molecule has 1 atom stereocenters. The average molecular weight is 310 g/mol. The number of amides is 1. The molecule has 1 unspecified atom stereocenters. The van der Waals surface area contributed by atoms with Crippen molar-refractivity contribution >= 4 is 11.6 Å². The lowest BCUT2D eigenvalue weighted by Gasteiger charge is -2.29. The summed E-state index contributed by atoms with van der Waals surface area (Å²) in [7, 11) is 1.65. The summed E-state index contributed by atoms with van der Waals surface area (Å²) in [5.41, 5.74) is 0.828. The third-order valence-corrected chi connectivity index (χ3v) is 3.78. The normalized spacial score (nSPS) is 16.5. The highest BCUT2D eigenvalue weighted by atomic mass is 19.1. The summed E-state index contributed by atoms with van der Waals surface area (Å²) >= 11 is 0. The Bertz CT molecular complexity index is 516. The van der Waals surface area contributed by atoms with E-state index in [1.54, 1.807) is 26.1 Å². The Morgan fingerprint density at radius 3 is 2.73 bits per heavy atom. The summed E-state index contributed by atoms with van der Waals surface area (Å²) in [5, 5.41) is 9.26. The number of morpholine rings is 1. The smallest absolute Gasteiger partial charge is 0.253 e. The van der Waals surface area contributed by atoms with Gasteiger partial charge in [0.1, 0.15) is 5.82 Å². The summed E-state index contributed by atoms with van der Waals surface area (Å²) in [6, 6.07) is 4.58. The minimum Gasteiger partial charge on any atom is -0.393 e. The molecule has 1 saturated heterocycles. The van der Waals surface area contributed by atoms with Crippen LogP contribution in [0.5, 0.6) is 0 Å². The molecule has 1 aliphatic heterocycles. The van der Waals surface area contributed by atoms with Crippen LogP contribution in [-0.2, 0) is 4.74 Å². The Labute approximate surface area is 130 Å². The van der Waals surface area contributed by atoms with Gasteiger partial charge in [0.05, 0.1) is 25.0 Å². The minimum absolute atomic E-state index is 0.243. The van der Waals surface area contributed by atoms with Gasteiger partial charge in [0, 0.05) is 32.2 Å². The third-order valence-electron chi connectivity index (χ3n) is 3.78. The number of anilines is 1. The summed E-state index contributed by atoms with van der Waals surface area (Å²) in [6.07, 6.45) is 0.0343. The number of carbonyl (C=O) groups excluding carboxylic acids is 1. The SMILES string of the molecule is CC(O)CCN(C)C(=O)c1ccc(N2CCOCC2)c(F)c1. The fourth-order valence-corrected chi connectivity index (χ4v) is 2.40. The van der Waals surface area contributed by atoms with E-state index in [1.165, 1.54) is 11.0 Å². The number of ether oxygens (including phenoxy) is 1. The van der Waals surface area contributed by atoms with Crippen LogP contribution in [0.15, 0.2) is 18.2 Å². The van der Waals surface area contributed by atoms with Gasteiger partial charge < -0.3 is 19.6 Å². The van der Waals surface area contributed by atoms with Gasteiger partial charge in [-0.3, -0.25) is 4.79 Å². The second-order valence-electron chi connectivity index (χ2n) is 5.63. The number of aliphatic hydroxyl groups is 1. The molecular formula is C16H23FN2O3. The molecule has 1 aromatic rings. The highest BCUT2D eigenvalue weighted by Crippen LogP contribution is 2.22. The minimum atomic E-state index is -0.462. The van der Waals surface area contributed by atoms with Gasteiger partial charge in [-0.05, 0) is 31.5 Å². The maximum atomic E-state index is 14.3. The Kier molecular flexibility index (Phi) is 5.74. The third kappa shape index (κ3) is 4.18. The first-order valence-corrected chi connectivity index (χ1v) is 7.55. The van der Waals surface area contributed by atoms with Crippen LogP contribution in [0.1, 0.15) is 23.7 Å². The number of benzene rings is 1. The molecule has 2 rings (SSSR count). The van der Waals surface area contributed by atoms with E-state index in [1.807, 2.05) is 4.90 Å². The van der Waals surface area contributed by atoms with E-state index in [9.17, 15) is 14.3 Å². The lowest BCUT2D eigenvalue weighted by Crippen LogP contribution is -2.36. The number of aliphatic hydroxyl groups excluding tert-OH is 1. The van der Waals surface area contributed by atoms with Crippen molar-refractivity contribution in [1.29, 1.82) is 0 Å². The Morgan fingerprint density at radius 1 is 1.45 bits per heavy atom. The zero-order chi connectivity index (χ0) is 16.1. The zero-order valence-electron chi connectivity index (χ0n) is 13.1. The average Bonchev–Trinajstić information content (AvgIpc) is 2.52. The molecule has 5 nitrogen and oxygen atoms in total.